The van der Waals surface area contributed by atoms with Crippen LogP contribution in [0.1, 0.15) is 18.3 Å². The van der Waals surface area contributed by atoms with Crippen LogP contribution in [-0.4, -0.2) is 9.38 Å². The Balaban J connectivity index is 2.85. The fourth-order valence-electron chi connectivity index (χ4n) is 1.57. The summed E-state index contributed by atoms with van der Waals surface area (Å²) in [6.45, 7) is 3.91. The number of pyridine rings is 1. The summed E-state index contributed by atoms with van der Waals surface area (Å²) in [5.74, 6) is -0.375. The fourth-order valence-corrected chi connectivity index (χ4v) is 1.76. The Morgan fingerprint density at radius 1 is 1.57 bits per heavy atom. The largest absolute Gasteiger partial charge is 0.300 e. The van der Waals surface area contributed by atoms with Crippen molar-refractivity contribution in [3.05, 3.63) is 34.5 Å². The molecular weight excluding hydrogens is 203 g/mol. The number of halogens is 2. The Bertz CT molecular complexity index is 490. The molecule has 0 atom stereocenters. The van der Waals surface area contributed by atoms with Gasteiger partial charge in [0.05, 0.1) is 10.7 Å². The number of hydrogen-bond donors (Lipinski definition) is 0. The van der Waals surface area contributed by atoms with Crippen LogP contribution in [0.3, 0.4) is 0 Å². The van der Waals surface area contributed by atoms with Gasteiger partial charge in [0.2, 0.25) is 0 Å². The molecule has 0 aromatic carbocycles. The summed E-state index contributed by atoms with van der Waals surface area (Å²) in [4.78, 5) is 4.20. The SMILES string of the molecule is CCc1nc2c(F)cc(Cl)cn2c1C. The van der Waals surface area contributed by atoms with E-state index in [4.69, 9.17) is 11.6 Å². The number of fused-ring (bicyclic) bond motifs is 1. The summed E-state index contributed by atoms with van der Waals surface area (Å²) < 4.78 is 15.1. The molecule has 2 aromatic rings. The third kappa shape index (κ3) is 1.28. The minimum absolute atomic E-state index is 0.351. The van der Waals surface area contributed by atoms with Gasteiger partial charge in [-0.25, -0.2) is 9.37 Å². The second kappa shape index (κ2) is 3.24. The van der Waals surface area contributed by atoms with E-state index in [1.54, 1.807) is 10.6 Å². The molecule has 0 unspecified atom stereocenters. The van der Waals surface area contributed by atoms with Crippen LogP contribution in [0.25, 0.3) is 5.65 Å². The van der Waals surface area contributed by atoms with Crippen LogP contribution in [0.4, 0.5) is 4.39 Å². The molecule has 0 saturated heterocycles. The highest BCUT2D eigenvalue weighted by atomic mass is 35.5. The van der Waals surface area contributed by atoms with Gasteiger partial charge in [-0.3, -0.25) is 0 Å². The summed E-state index contributed by atoms with van der Waals surface area (Å²) in [5.41, 5.74) is 2.21. The van der Waals surface area contributed by atoms with Crippen molar-refractivity contribution in [1.29, 1.82) is 0 Å². The molecule has 0 radical (unpaired) electrons. The molecular formula is C10H10ClFN2. The van der Waals surface area contributed by atoms with Gasteiger partial charge < -0.3 is 4.40 Å². The highest BCUT2D eigenvalue weighted by molar-refractivity contribution is 6.30. The molecule has 14 heavy (non-hydrogen) atoms. The lowest BCUT2D eigenvalue weighted by Gasteiger charge is -1.98. The lowest BCUT2D eigenvalue weighted by atomic mass is 10.3. The van der Waals surface area contributed by atoms with Crippen LogP contribution >= 0.6 is 11.6 Å². The van der Waals surface area contributed by atoms with E-state index in [2.05, 4.69) is 4.98 Å². The van der Waals surface area contributed by atoms with Gasteiger partial charge in [0.25, 0.3) is 0 Å². The van der Waals surface area contributed by atoms with Crippen LogP contribution in [0.15, 0.2) is 12.3 Å². The van der Waals surface area contributed by atoms with Gasteiger partial charge in [-0.2, -0.15) is 0 Å². The first-order chi connectivity index (χ1) is 6.63. The minimum atomic E-state index is -0.375. The van der Waals surface area contributed by atoms with Crippen LogP contribution in [-0.2, 0) is 6.42 Å². The molecule has 0 aliphatic rings. The first-order valence-corrected chi connectivity index (χ1v) is 4.84. The first-order valence-electron chi connectivity index (χ1n) is 4.46. The third-order valence-corrected chi connectivity index (χ3v) is 2.52. The first kappa shape index (κ1) is 9.46. The van der Waals surface area contributed by atoms with Gasteiger partial charge in [0.15, 0.2) is 11.5 Å². The lowest BCUT2D eigenvalue weighted by Crippen LogP contribution is -1.90. The average Bonchev–Trinajstić information content (AvgIpc) is 2.44. The summed E-state index contributed by atoms with van der Waals surface area (Å²) in [7, 11) is 0. The standard InChI is InChI=1S/C10H10ClFN2/c1-3-9-6(2)14-5-7(11)4-8(12)10(14)13-9/h4-5H,3H2,1-2H3. The number of hydrogen-bond acceptors (Lipinski definition) is 1. The number of nitrogens with zero attached hydrogens (tertiary/aromatic N) is 2. The van der Waals surface area contributed by atoms with Crippen LogP contribution in [0.2, 0.25) is 5.02 Å². The van der Waals surface area contributed by atoms with Crippen LogP contribution < -0.4 is 0 Å². The van der Waals surface area contributed by atoms with E-state index in [9.17, 15) is 4.39 Å². The zero-order valence-electron chi connectivity index (χ0n) is 8.01. The quantitative estimate of drug-likeness (QED) is 0.711. The van der Waals surface area contributed by atoms with Gasteiger partial charge in [-0.1, -0.05) is 18.5 Å². The minimum Gasteiger partial charge on any atom is -0.300 e. The third-order valence-electron chi connectivity index (χ3n) is 2.31. The van der Waals surface area contributed by atoms with E-state index < -0.39 is 0 Å². The molecule has 0 fully saturated rings. The van der Waals surface area contributed by atoms with E-state index in [1.807, 2.05) is 13.8 Å². The molecule has 2 nitrogen and oxygen atoms in total. The zero-order chi connectivity index (χ0) is 10.3. The Morgan fingerprint density at radius 3 is 2.93 bits per heavy atom. The van der Waals surface area contributed by atoms with Gasteiger partial charge in [-0.05, 0) is 19.4 Å². The molecule has 0 aliphatic carbocycles. The normalized spacial score (nSPS) is 11.1. The summed E-state index contributed by atoms with van der Waals surface area (Å²) >= 11 is 5.76. The Labute approximate surface area is 86.3 Å². The van der Waals surface area contributed by atoms with Crippen molar-refractivity contribution in [1.82, 2.24) is 9.38 Å². The molecule has 2 heterocycles. The van der Waals surface area contributed by atoms with Crippen molar-refractivity contribution in [2.45, 2.75) is 20.3 Å². The maximum Gasteiger partial charge on any atom is 0.173 e. The van der Waals surface area contributed by atoms with Crippen molar-refractivity contribution in [3.8, 4) is 0 Å². The van der Waals surface area contributed by atoms with Crippen molar-refractivity contribution in [2.75, 3.05) is 0 Å². The average molecular weight is 213 g/mol. The smallest absolute Gasteiger partial charge is 0.173 e. The lowest BCUT2D eigenvalue weighted by molar-refractivity contribution is 0.629. The molecule has 0 N–H and O–H groups in total. The summed E-state index contributed by atoms with van der Waals surface area (Å²) in [6.07, 6.45) is 2.48. The maximum atomic E-state index is 13.4. The van der Waals surface area contributed by atoms with E-state index >= 15 is 0 Å². The van der Waals surface area contributed by atoms with Gasteiger partial charge in [0.1, 0.15) is 0 Å². The number of rotatable bonds is 1. The second-order valence-corrected chi connectivity index (χ2v) is 3.63. The molecule has 0 saturated carbocycles. The number of aromatic nitrogens is 2. The van der Waals surface area contributed by atoms with Crippen molar-refractivity contribution in [2.24, 2.45) is 0 Å². The molecule has 0 spiro atoms. The molecule has 2 aromatic heterocycles. The van der Waals surface area contributed by atoms with E-state index in [-0.39, 0.29) is 5.82 Å². The Hall–Kier alpha value is -1.09. The van der Waals surface area contributed by atoms with Crippen molar-refractivity contribution >= 4 is 17.2 Å². The Kier molecular flexibility index (Phi) is 2.19. The van der Waals surface area contributed by atoms with Gasteiger partial charge in [-0.15, -0.1) is 0 Å². The fraction of sp³-hybridized carbons (Fsp3) is 0.300. The number of aryl methyl sites for hydroxylation is 2. The maximum absolute atomic E-state index is 13.4. The van der Waals surface area contributed by atoms with Crippen molar-refractivity contribution < 1.29 is 4.39 Å². The van der Waals surface area contributed by atoms with Gasteiger partial charge >= 0.3 is 0 Å². The highest BCUT2D eigenvalue weighted by Crippen LogP contribution is 2.19. The second-order valence-electron chi connectivity index (χ2n) is 3.20. The number of imidazole rings is 1. The monoisotopic (exact) mass is 212 g/mol. The predicted molar refractivity (Wildman–Crippen MR) is 54.3 cm³/mol. The predicted octanol–water partition coefficient (Wildman–Crippen LogP) is 3.00. The summed E-state index contributed by atoms with van der Waals surface area (Å²) in [5, 5.41) is 0.387. The van der Waals surface area contributed by atoms with Gasteiger partial charge in [0, 0.05) is 11.9 Å². The molecule has 0 aliphatic heterocycles. The topological polar surface area (TPSA) is 17.3 Å². The molecule has 4 heteroatoms. The summed E-state index contributed by atoms with van der Waals surface area (Å²) in [6, 6.07) is 1.28. The molecule has 0 amide bonds. The zero-order valence-corrected chi connectivity index (χ0v) is 8.77. The highest BCUT2D eigenvalue weighted by Gasteiger charge is 2.10. The Morgan fingerprint density at radius 2 is 2.29 bits per heavy atom. The van der Waals surface area contributed by atoms with Crippen molar-refractivity contribution in [3.63, 3.8) is 0 Å². The van der Waals surface area contributed by atoms with E-state index in [0.717, 1.165) is 17.8 Å². The van der Waals surface area contributed by atoms with E-state index in [0.29, 0.717) is 10.7 Å². The molecule has 0 bridgehead atoms. The van der Waals surface area contributed by atoms with Crippen LogP contribution in [0, 0.1) is 12.7 Å². The van der Waals surface area contributed by atoms with Crippen LogP contribution in [0.5, 0.6) is 0 Å². The van der Waals surface area contributed by atoms with E-state index in [1.165, 1.54) is 6.07 Å². The molecule has 2 rings (SSSR count). The molecule has 74 valence electrons.